The third-order valence-electron chi connectivity index (χ3n) is 1.58. The van der Waals surface area contributed by atoms with Crippen molar-refractivity contribution in [2.45, 2.75) is 6.42 Å². The second-order valence-electron chi connectivity index (χ2n) is 2.40. The van der Waals surface area contributed by atoms with Crippen LogP contribution in [0.1, 0.15) is 5.56 Å². The van der Waals surface area contributed by atoms with Gasteiger partial charge in [-0.15, -0.1) is 0 Å². The summed E-state index contributed by atoms with van der Waals surface area (Å²) in [5, 5.41) is 10.5. The fraction of sp³-hybridized carbons (Fsp3) is 0.125. The number of anilines is 1. The van der Waals surface area contributed by atoms with Crippen LogP contribution in [-0.4, -0.2) is 4.92 Å². The number of hydrogen-bond acceptors (Lipinski definition) is 3. The minimum absolute atomic E-state index is 0.0463. The van der Waals surface area contributed by atoms with Gasteiger partial charge in [-0.3, -0.25) is 10.1 Å². The van der Waals surface area contributed by atoms with E-state index in [0.29, 0.717) is 17.7 Å². The molecule has 0 aromatic heterocycles. The maximum atomic E-state index is 10.5. The summed E-state index contributed by atoms with van der Waals surface area (Å²) < 4.78 is 0. The van der Waals surface area contributed by atoms with Crippen LogP contribution in [0, 0.1) is 17.0 Å². The van der Waals surface area contributed by atoms with Crippen molar-refractivity contribution in [1.82, 2.24) is 0 Å². The lowest BCUT2D eigenvalue weighted by Gasteiger charge is -1.99. The predicted molar refractivity (Wildman–Crippen MR) is 46.6 cm³/mol. The summed E-state index contributed by atoms with van der Waals surface area (Å²) in [6.07, 6.45) is 0.399. The van der Waals surface area contributed by atoms with Gasteiger partial charge in [-0.25, -0.2) is 0 Å². The van der Waals surface area contributed by atoms with Crippen molar-refractivity contribution < 1.29 is 4.92 Å². The Balaban J connectivity index is 3.21. The third-order valence-corrected chi connectivity index (χ3v) is 1.58. The van der Waals surface area contributed by atoms with E-state index in [9.17, 15) is 10.1 Å². The first-order valence-electron chi connectivity index (χ1n) is 3.47. The van der Waals surface area contributed by atoms with Gasteiger partial charge >= 0.3 is 0 Å². The molecule has 0 aliphatic rings. The van der Waals surface area contributed by atoms with E-state index in [1.165, 1.54) is 6.07 Å². The molecule has 0 unspecified atom stereocenters. The van der Waals surface area contributed by atoms with E-state index >= 15 is 0 Å². The van der Waals surface area contributed by atoms with E-state index in [0.717, 1.165) is 0 Å². The summed E-state index contributed by atoms with van der Waals surface area (Å²) in [6.45, 7) is 3.58. The SMILES string of the molecule is [CH2]Cc1ccc(N)cc1[N+](=O)[O-]. The molecule has 0 amide bonds. The molecule has 0 heterocycles. The van der Waals surface area contributed by atoms with Gasteiger partial charge in [0, 0.05) is 17.3 Å². The quantitative estimate of drug-likeness (QED) is 0.410. The van der Waals surface area contributed by atoms with Crippen molar-refractivity contribution in [3.05, 3.63) is 40.8 Å². The van der Waals surface area contributed by atoms with Gasteiger partial charge in [-0.1, -0.05) is 6.07 Å². The van der Waals surface area contributed by atoms with Crippen LogP contribution in [0.2, 0.25) is 0 Å². The smallest absolute Gasteiger partial charge is 0.274 e. The predicted octanol–water partition coefficient (Wildman–Crippen LogP) is 1.55. The fourth-order valence-electron chi connectivity index (χ4n) is 0.962. The summed E-state index contributed by atoms with van der Waals surface area (Å²) in [7, 11) is 0. The molecule has 2 N–H and O–H groups in total. The number of benzene rings is 1. The Hall–Kier alpha value is -1.58. The Morgan fingerprint density at radius 2 is 2.25 bits per heavy atom. The summed E-state index contributed by atoms with van der Waals surface area (Å²) >= 11 is 0. The number of nitrogens with two attached hydrogens (primary N) is 1. The lowest BCUT2D eigenvalue weighted by atomic mass is 10.1. The Labute approximate surface area is 70.2 Å². The molecular weight excluding hydrogens is 156 g/mol. The number of rotatable bonds is 2. The standard InChI is InChI=1S/C8H9N2O2/c1-2-6-3-4-7(9)5-8(6)10(11)12/h3-5H,1-2,9H2. The van der Waals surface area contributed by atoms with Crippen LogP contribution < -0.4 is 5.73 Å². The van der Waals surface area contributed by atoms with Crippen LogP contribution in [-0.2, 0) is 6.42 Å². The van der Waals surface area contributed by atoms with Crippen LogP contribution in [0.4, 0.5) is 11.4 Å². The zero-order valence-electron chi connectivity index (χ0n) is 6.49. The van der Waals surface area contributed by atoms with Crippen molar-refractivity contribution in [1.29, 1.82) is 0 Å². The molecule has 0 spiro atoms. The zero-order valence-corrected chi connectivity index (χ0v) is 6.49. The van der Waals surface area contributed by atoms with Crippen molar-refractivity contribution in [3.63, 3.8) is 0 Å². The molecule has 0 saturated heterocycles. The highest BCUT2D eigenvalue weighted by atomic mass is 16.6. The van der Waals surface area contributed by atoms with Crippen LogP contribution in [0.25, 0.3) is 0 Å². The molecule has 4 nitrogen and oxygen atoms in total. The molecular formula is C8H9N2O2. The number of nitro benzene ring substituents is 1. The van der Waals surface area contributed by atoms with Gasteiger partial charge in [0.1, 0.15) is 0 Å². The van der Waals surface area contributed by atoms with Crippen molar-refractivity contribution in [3.8, 4) is 0 Å². The molecule has 0 bridgehead atoms. The number of nitrogens with zero attached hydrogens (tertiary/aromatic N) is 1. The first-order valence-corrected chi connectivity index (χ1v) is 3.47. The zero-order chi connectivity index (χ0) is 9.14. The van der Waals surface area contributed by atoms with E-state index in [1.807, 2.05) is 0 Å². The van der Waals surface area contributed by atoms with E-state index in [-0.39, 0.29) is 5.69 Å². The van der Waals surface area contributed by atoms with E-state index in [4.69, 9.17) is 5.73 Å². The van der Waals surface area contributed by atoms with Gasteiger partial charge < -0.3 is 5.73 Å². The van der Waals surface area contributed by atoms with Crippen LogP contribution in [0.5, 0.6) is 0 Å². The van der Waals surface area contributed by atoms with E-state index < -0.39 is 4.92 Å². The first kappa shape index (κ1) is 8.52. The molecule has 63 valence electrons. The van der Waals surface area contributed by atoms with Crippen LogP contribution in [0.3, 0.4) is 0 Å². The molecule has 0 aliphatic carbocycles. The van der Waals surface area contributed by atoms with Gasteiger partial charge in [0.2, 0.25) is 0 Å². The van der Waals surface area contributed by atoms with Gasteiger partial charge in [-0.05, 0) is 19.4 Å². The summed E-state index contributed by atoms with van der Waals surface area (Å²) in [6, 6.07) is 4.61. The Kier molecular flexibility index (Phi) is 2.28. The number of nitrogen functional groups attached to an aromatic ring is 1. The molecule has 1 aromatic rings. The molecule has 1 rings (SSSR count). The molecule has 4 heteroatoms. The van der Waals surface area contributed by atoms with Crippen LogP contribution in [0.15, 0.2) is 18.2 Å². The fourth-order valence-corrected chi connectivity index (χ4v) is 0.962. The van der Waals surface area contributed by atoms with Gasteiger partial charge in [0.05, 0.1) is 4.92 Å². The second-order valence-corrected chi connectivity index (χ2v) is 2.40. The van der Waals surface area contributed by atoms with Crippen molar-refractivity contribution in [2.24, 2.45) is 0 Å². The summed E-state index contributed by atoms with van der Waals surface area (Å²) in [5.41, 5.74) is 6.45. The highest BCUT2D eigenvalue weighted by Gasteiger charge is 2.11. The lowest BCUT2D eigenvalue weighted by Crippen LogP contribution is -1.96. The highest BCUT2D eigenvalue weighted by molar-refractivity contribution is 5.52. The van der Waals surface area contributed by atoms with E-state index in [2.05, 4.69) is 6.92 Å². The topological polar surface area (TPSA) is 69.2 Å². The van der Waals surface area contributed by atoms with Crippen molar-refractivity contribution >= 4 is 11.4 Å². The minimum Gasteiger partial charge on any atom is -0.399 e. The second kappa shape index (κ2) is 3.21. The number of hydrogen-bond donors (Lipinski definition) is 1. The Bertz CT molecular complexity index is 310. The van der Waals surface area contributed by atoms with E-state index in [1.54, 1.807) is 12.1 Å². The summed E-state index contributed by atoms with van der Waals surface area (Å²) in [5.74, 6) is 0. The van der Waals surface area contributed by atoms with Gasteiger partial charge in [0.25, 0.3) is 5.69 Å². The number of nitro groups is 1. The Morgan fingerprint density at radius 3 is 2.75 bits per heavy atom. The first-order chi connectivity index (χ1) is 5.65. The molecule has 12 heavy (non-hydrogen) atoms. The normalized spacial score (nSPS) is 9.75. The van der Waals surface area contributed by atoms with Gasteiger partial charge in [0.15, 0.2) is 0 Å². The molecule has 1 radical (unpaired) electrons. The molecule has 1 aromatic carbocycles. The van der Waals surface area contributed by atoms with Crippen LogP contribution >= 0.6 is 0 Å². The van der Waals surface area contributed by atoms with Crippen molar-refractivity contribution in [2.75, 3.05) is 5.73 Å². The minimum atomic E-state index is -0.448. The average molecular weight is 165 g/mol. The Morgan fingerprint density at radius 1 is 1.58 bits per heavy atom. The third kappa shape index (κ3) is 1.53. The summed E-state index contributed by atoms with van der Waals surface area (Å²) in [4.78, 5) is 10.0. The highest BCUT2D eigenvalue weighted by Crippen LogP contribution is 2.21. The molecule has 0 fully saturated rings. The molecule has 0 aliphatic heterocycles. The largest absolute Gasteiger partial charge is 0.399 e. The maximum Gasteiger partial charge on any atom is 0.274 e. The monoisotopic (exact) mass is 165 g/mol. The molecule has 0 saturated carbocycles. The maximum absolute atomic E-state index is 10.5. The van der Waals surface area contributed by atoms with Gasteiger partial charge in [-0.2, -0.15) is 0 Å². The average Bonchev–Trinajstić information content (AvgIpc) is 2.04. The lowest BCUT2D eigenvalue weighted by molar-refractivity contribution is -0.385. The molecule has 0 atom stereocenters.